The van der Waals surface area contributed by atoms with Gasteiger partial charge in [0.15, 0.2) is 0 Å². The molecule has 2 aromatic heterocycles. The third kappa shape index (κ3) is 3.06. The number of fused-ring (bicyclic) bond motifs is 1. The monoisotopic (exact) mass is 288 g/mol. The number of amides is 1. The quantitative estimate of drug-likeness (QED) is 0.870. The van der Waals surface area contributed by atoms with Crippen LogP contribution in [0.1, 0.15) is 24.1 Å². The summed E-state index contributed by atoms with van der Waals surface area (Å²) in [5.74, 6) is -0.0841. The molecule has 0 radical (unpaired) electrons. The molecule has 1 fully saturated rings. The van der Waals surface area contributed by atoms with Crippen molar-refractivity contribution in [2.45, 2.75) is 38.5 Å². The SMILES string of the molecule is Cc1ccn2cc(CNC(=O)[C@@H]3CC[C@H](CN)O3)nc2c1. The molecule has 0 bridgehead atoms. The number of carbonyl (C=O) groups excluding carboxylic acids is 1. The molecule has 1 aliphatic heterocycles. The summed E-state index contributed by atoms with van der Waals surface area (Å²) in [5.41, 5.74) is 8.43. The fourth-order valence-corrected chi connectivity index (χ4v) is 2.58. The number of hydrogen-bond donors (Lipinski definition) is 2. The third-order valence-corrected chi connectivity index (χ3v) is 3.77. The van der Waals surface area contributed by atoms with Gasteiger partial charge in [-0.15, -0.1) is 0 Å². The number of nitrogens with one attached hydrogen (secondary N) is 1. The molecule has 1 amide bonds. The van der Waals surface area contributed by atoms with Crippen LogP contribution in [0.5, 0.6) is 0 Å². The highest BCUT2D eigenvalue weighted by Crippen LogP contribution is 2.19. The summed E-state index contributed by atoms with van der Waals surface area (Å²) in [5, 5.41) is 2.88. The normalized spacial score (nSPS) is 21.8. The molecule has 1 aliphatic rings. The summed E-state index contributed by atoms with van der Waals surface area (Å²) in [7, 11) is 0. The Morgan fingerprint density at radius 1 is 1.57 bits per heavy atom. The average Bonchev–Trinajstić information content (AvgIpc) is 3.10. The summed E-state index contributed by atoms with van der Waals surface area (Å²) in [6.45, 7) is 2.91. The highest BCUT2D eigenvalue weighted by atomic mass is 16.5. The first-order valence-corrected chi connectivity index (χ1v) is 7.23. The van der Waals surface area contributed by atoms with Crippen molar-refractivity contribution in [1.82, 2.24) is 14.7 Å². The summed E-state index contributed by atoms with van der Waals surface area (Å²) in [6, 6.07) is 4.04. The van der Waals surface area contributed by atoms with Gasteiger partial charge in [-0.3, -0.25) is 4.79 Å². The molecule has 0 saturated carbocycles. The van der Waals surface area contributed by atoms with E-state index in [0.29, 0.717) is 13.1 Å². The lowest BCUT2D eigenvalue weighted by Gasteiger charge is -2.11. The first kappa shape index (κ1) is 14.0. The van der Waals surface area contributed by atoms with Gasteiger partial charge in [0.1, 0.15) is 11.8 Å². The van der Waals surface area contributed by atoms with E-state index in [4.69, 9.17) is 10.5 Å². The van der Waals surface area contributed by atoms with E-state index in [1.54, 1.807) is 0 Å². The minimum absolute atomic E-state index is 0.0129. The number of carbonyl (C=O) groups is 1. The number of rotatable bonds is 4. The van der Waals surface area contributed by atoms with Gasteiger partial charge in [0, 0.05) is 18.9 Å². The lowest BCUT2D eigenvalue weighted by atomic mass is 10.2. The van der Waals surface area contributed by atoms with Crippen LogP contribution in [-0.4, -0.2) is 34.0 Å². The molecule has 21 heavy (non-hydrogen) atoms. The Morgan fingerprint density at radius 3 is 3.19 bits per heavy atom. The molecule has 3 N–H and O–H groups in total. The van der Waals surface area contributed by atoms with Gasteiger partial charge in [-0.25, -0.2) is 4.98 Å². The maximum atomic E-state index is 12.0. The number of ether oxygens (including phenoxy) is 1. The zero-order valence-electron chi connectivity index (χ0n) is 12.1. The Morgan fingerprint density at radius 2 is 2.43 bits per heavy atom. The molecule has 0 aliphatic carbocycles. The molecule has 1 saturated heterocycles. The van der Waals surface area contributed by atoms with E-state index in [0.717, 1.165) is 29.7 Å². The summed E-state index contributed by atoms with van der Waals surface area (Å²) >= 11 is 0. The van der Waals surface area contributed by atoms with Crippen LogP contribution in [0.4, 0.5) is 0 Å². The van der Waals surface area contributed by atoms with Gasteiger partial charge in [0.05, 0.1) is 18.3 Å². The molecular weight excluding hydrogens is 268 g/mol. The van der Waals surface area contributed by atoms with Gasteiger partial charge in [0.25, 0.3) is 0 Å². The van der Waals surface area contributed by atoms with E-state index in [-0.39, 0.29) is 18.1 Å². The predicted octanol–water partition coefficient (Wildman–Crippen LogP) is 0.765. The van der Waals surface area contributed by atoms with Crippen LogP contribution < -0.4 is 11.1 Å². The topological polar surface area (TPSA) is 81.7 Å². The van der Waals surface area contributed by atoms with Crippen LogP contribution >= 0.6 is 0 Å². The fraction of sp³-hybridized carbons (Fsp3) is 0.467. The number of pyridine rings is 1. The standard InChI is InChI=1S/C15H20N4O2/c1-10-4-5-19-9-11(18-14(19)6-10)8-17-15(20)13-3-2-12(7-16)21-13/h4-6,9,12-13H,2-3,7-8,16H2,1H3,(H,17,20)/t12-,13+/m1/s1. The van der Waals surface area contributed by atoms with Crippen LogP contribution in [-0.2, 0) is 16.1 Å². The van der Waals surface area contributed by atoms with E-state index in [9.17, 15) is 4.79 Å². The number of hydrogen-bond acceptors (Lipinski definition) is 4. The number of imidazole rings is 1. The maximum absolute atomic E-state index is 12.0. The van der Waals surface area contributed by atoms with Gasteiger partial charge in [-0.1, -0.05) is 0 Å². The largest absolute Gasteiger partial charge is 0.364 e. The number of aryl methyl sites for hydroxylation is 1. The first-order valence-electron chi connectivity index (χ1n) is 7.23. The molecule has 3 heterocycles. The zero-order valence-corrected chi connectivity index (χ0v) is 12.1. The lowest BCUT2D eigenvalue weighted by Crippen LogP contribution is -2.35. The lowest BCUT2D eigenvalue weighted by molar-refractivity contribution is -0.132. The molecule has 0 spiro atoms. The molecule has 0 unspecified atom stereocenters. The minimum atomic E-state index is -0.377. The van der Waals surface area contributed by atoms with Crippen molar-refractivity contribution in [2.24, 2.45) is 5.73 Å². The average molecular weight is 288 g/mol. The van der Waals surface area contributed by atoms with E-state index < -0.39 is 0 Å². The zero-order chi connectivity index (χ0) is 14.8. The number of nitrogens with two attached hydrogens (primary N) is 1. The Kier molecular flexibility index (Phi) is 3.90. The summed E-state index contributed by atoms with van der Waals surface area (Å²) in [6.07, 6.45) is 5.11. The molecule has 3 rings (SSSR count). The third-order valence-electron chi connectivity index (χ3n) is 3.77. The van der Waals surface area contributed by atoms with E-state index in [1.807, 2.05) is 35.9 Å². The first-order chi connectivity index (χ1) is 10.2. The second-order valence-electron chi connectivity index (χ2n) is 5.48. The Balaban J connectivity index is 1.60. The molecular formula is C15H20N4O2. The molecule has 6 heteroatoms. The van der Waals surface area contributed by atoms with Crippen molar-refractivity contribution >= 4 is 11.6 Å². The van der Waals surface area contributed by atoms with Gasteiger partial charge in [0.2, 0.25) is 5.91 Å². The highest BCUT2D eigenvalue weighted by Gasteiger charge is 2.29. The summed E-state index contributed by atoms with van der Waals surface area (Å²) < 4.78 is 7.52. The second-order valence-corrected chi connectivity index (χ2v) is 5.48. The second kappa shape index (κ2) is 5.83. The van der Waals surface area contributed by atoms with Gasteiger partial charge >= 0.3 is 0 Å². The highest BCUT2D eigenvalue weighted by molar-refractivity contribution is 5.81. The van der Waals surface area contributed by atoms with E-state index in [2.05, 4.69) is 10.3 Å². The van der Waals surface area contributed by atoms with Gasteiger partial charge < -0.3 is 20.2 Å². The Bertz CT molecular complexity index is 652. The molecule has 112 valence electrons. The van der Waals surface area contributed by atoms with Crippen LogP contribution in [0.25, 0.3) is 5.65 Å². The summed E-state index contributed by atoms with van der Waals surface area (Å²) in [4.78, 5) is 16.5. The van der Waals surface area contributed by atoms with Crippen molar-refractivity contribution in [1.29, 1.82) is 0 Å². The van der Waals surface area contributed by atoms with Crippen molar-refractivity contribution in [3.05, 3.63) is 35.8 Å². The molecule has 2 atom stereocenters. The Labute approximate surface area is 123 Å². The van der Waals surface area contributed by atoms with Crippen LogP contribution in [0.3, 0.4) is 0 Å². The van der Waals surface area contributed by atoms with Crippen LogP contribution in [0, 0.1) is 6.92 Å². The van der Waals surface area contributed by atoms with E-state index >= 15 is 0 Å². The van der Waals surface area contributed by atoms with Crippen molar-refractivity contribution in [3.63, 3.8) is 0 Å². The van der Waals surface area contributed by atoms with Gasteiger partial charge in [-0.05, 0) is 37.5 Å². The maximum Gasteiger partial charge on any atom is 0.249 e. The van der Waals surface area contributed by atoms with E-state index in [1.165, 1.54) is 0 Å². The van der Waals surface area contributed by atoms with Crippen LogP contribution in [0.2, 0.25) is 0 Å². The molecule has 0 aromatic carbocycles. The smallest absolute Gasteiger partial charge is 0.249 e. The minimum Gasteiger partial charge on any atom is -0.364 e. The van der Waals surface area contributed by atoms with Gasteiger partial charge in [-0.2, -0.15) is 0 Å². The van der Waals surface area contributed by atoms with Crippen molar-refractivity contribution in [2.75, 3.05) is 6.54 Å². The fourth-order valence-electron chi connectivity index (χ4n) is 2.58. The van der Waals surface area contributed by atoms with Crippen molar-refractivity contribution < 1.29 is 9.53 Å². The number of nitrogens with zero attached hydrogens (tertiary/aromatic N) is 2. The number of aromatic nitrogens is 2. The van der Waals surface area contributed by atoms with Crippen molar-refractivity contribution in [3.8, 4) is 0 Å². The molecule has 2 aromatic rings. The molecule has 6 nitrogen and oxygen atoms in total. The van der Waals surface area contributed by atoms with Crippen LogP contribution in [0.15, 0.2) is 24.5 Å². The predicted molar refractivity (Wildman–Crippen MR) is 78.7 cm³/mol. The Hall–Kier alpha value is -1.92.